The summed E-state index contributed by atoms with van der Waals surface area (Å²) in [4.78, 5) is 72.9. The standard InChI is InChI=1S/C79H154O17P2/c1-7-9-11-13-15-17-19-21-23-25-26-28-30-32-34-39-43-51-57-63-78(83)95-74(67-89-76(81)61-55-49-42-38-33-31-29-27-24-22-20-18-16-14-12-10-8-2)69-93-97(85,86)91-65-73(80)66-92-98(87,88)94-70-75(68-90-77(82)62-56-50-46-45-48-54-60-72(5)6)96-79(84)64-58-52-44-40-36-35-37-41-47-53-59-71(3)4/h71-75,80H,7-70H2,1-6H3,(H,85,86)(H,87,88)/t73-,74-,75-/m1/s1. The molecule has 0 radical (unpaired) electrons. The van der Waals surface area contributed by atoms with Gasteiger partial charge >= 0.3 is 39.5 Å². The molecule has 5 atom stereocenters. The summed E-state index contributed by atoms with van der Waals surface area (Å²) in [6.45, 7) is 9.53. The largest absolute Gasteiger partial charge is 0.472 e. The minimum Gasteiger partial charge on any atom is -0.462 e. The van der Waals surface area contributed by atoms with Crippen LogP contribution in [0.2, 0.25) is 0 Å². The maximum absolute atomic E-state index is 13.1. The monoisotopic (exact) mass is 1440 g/mol. The minimum absolute atomic E-state index is 0.105. The Labute approximate surface area is 600 Å². The molecule has 0 aromatic carbocycles. The molecule has 17 nitrogen and oxygen atoms in total. The van der Waals surface area contributed by atoms with E-state index in [1.54, 1.807) is 0 Å². The number of carbonyl (C=O) groups excluding carboxylic acids is 4. The number of aliphatic hydroxyl groups is 1. The number of hydrogen-bond acceptors (Lipinski definition) is 15. The van der Waals surface area contributed by atoms with Crippen LogP contribution >= 0.6 is 15.6 Å². The van der Waals surface area contributed by atoms with Crippen LogP contribution in [-0.4, -0.2) is 96.7 Å². The first kappa shape index (κ1) is 96.1. The maximum atomic E-state index is 13.1. The quantitative estimate of drug-likeness (QED) is 0.0222. The van der Waals surface area contributed by atoms with Gasteiger partial charge in [-0.15, -0.1) is 0 Å². The fraction of sp³-hybridized carbons (Fsp3) is 0.949. The molecule has 0 aromatic rings. The Morgan fingerprint density at radius 2 is 0.469 bits per heavy atom. The van der Waals surface area contributed by atoms with Crippen molar-refractivity contribution in [1.82, 2.24) is 0 Å². The summed E-state index contributed by atoms with van der Waals surface area (Å²) in [7, 11) is -9.91. The molecular formula is C79H154O17P2. The molecule has 3 N–H and O–H groups in total. The van der Waals surface area contributed by atoms with Crippen LogP contribution in [0.4, 0.5) is 0 Å². The number of hydrogen-bond donors (Lipinski definition) is 3. The lowest BCUT2D eigenvalue weighted by molar-refractivity contribution is -0.161. The first-order valence-electron chi connectivity index (χ1n) is 41.0. The van der Waals surface area contributed by atoms with Crippen molar-refractivity contribution in [3.63, 3.8) is 0 Å². The van der Waals surface area contributed by atoms with Crippen LogP contribution in [-0.2, 0) is 65.4 Å². The van der Waals surface area contributed by atoms with Crippen LogP contribution in [0.25, 0.3) is 0 Å². The molecule has 0 aliphatic carbocycles. The van der Waals surface area contributed by atoms with E-state index >= 15 is 0 Å². The predicted octanol–water partition coefficient (Wildman–Crippen LogP) is 23.5. The highest BCUT2D eigenvalue weighted by molar-refractivity contribution is 7.47. The number of phosphoric ester groups is 2. The fourth-order valence-corrected chi connectivity index (χ4v) is 13.8. The van der Waals surface area contributed by atoms with Gasteiger partial charge in [0.2, 0.25) is 0 Å². The smallest absolute Gasteiger partial charge is 0.462 e. The highest BCUT2D eigenvalue weighted by atomic mass is 31.2. The van der Waals surface area contributed by atoms with Crippen molar-refractivity contribution in [2.45, 2.75) is 432 Å². The van der Waals surface area contributed by atoms with E-state index in [9.17, 15) is 43.2 Å². The molecule has 0 saturated heterocycles. The van der Waals surface area contributed by atoms with Crippen molar-refractivity contribution in [2.75, 3.05) is 39.6 Å². The van der Waals surface area contributed by atoms with Gasteiger partial charge in [0.15, 0.2) is 12.2 Å². The molecular weight excluding hydrogens is 1280 g/mol. The SMILES string of the molecule is CCCCCCCCCCCCCCCCCCCCCC(=O)O[C@H](COC(=O)CCCCCCCCCCCCCCCCCCC)COP(=O)(O)OC[C@@H](O)COP(=O)(O)OC[C@@H](COC(=O)CCCCCCCCC(C)C)OC(=O)CCCCCCCCCCCCC(C)C. The van der Waals surface area contributed by atoms with Crippen LogP contribution in [0.5, 0.6) is 0 Å². The summed E-state index contributed by atoms with van der Waals surface area (Å²) in [5.74, 6) is -0.682. The average Bonchev–Trinajstić information content (AvgIpc) is 0.936. The van der Waals surface area contributed by atoms with Gasteiger partial charge < -0.3 is 33.8 Å². The lowest BCUT2D eigenvalue weighted by atomic mass is 10.0. The van der Waals surface area contributed by atoms with E-state index in [0.29, 0.717) is 31.6 Å². The molecule has 582 valence electrons. The molecule has 0 amide bonds. The lowest BCUT2D eigenvalue weighted by Crippen LogP contribution is -2.30. The summed E-state index contributed by atoms with van der Waals surface area (Å²) in [5, 5.41) is 10.6. The third-order valence-corrected chi connectivity index (χ3v) is 20.4. The van der Waals surface area contributed by atoms with Crippen LogP contribution in [0.15, 0.2) is 0 Å². The van der Waals surface area contributed by atoms with Crippen molar-refractivity contribution in [3.8, 4) is 0 Å². The second kappa shape index (κ2) is 70.7. The van der Waals surface area contributed by atoms with Gasteiger partial charge in [0.25, 0.3) is 0 Å². The van der Waals surface area contributed by atoms with E-state index in [2.05, 4.69) is 41.5 Å². The Balaban J connectivity index is 5.22. The number of phosphoric acid groups is 2. The zero-order valence-corrected chi connectivity index (χ0v) is 65.9. The summed E-state index contributed by atoms with van der Waals surface area (Å²) >= 11 is 0. The van der Waals surface area contributed by atoms with Crippen LogP contribution in [0, 0.1) is 11.8 Å². The third kappa shape index (κ3) is 72.4. The van der Waals surface area contributed by atoms with Crippen LogP contribution in [0.1, 0.15) is 414 Å². The number of rotatable bonds is 78. The number of carbonyl (C=O) groups is 4. The predicted molar refractivity (Wildman–Crippen MR) is 400 cm³/mol. The van der Waals surface area contributed by atoms with Crippen LogP contribution < -0.4 is 0 Å². The van der Waals surface area contributed by atoms with Crippen molar-refractivity contribution in [3.05, 3.63) is 0 Å². The van der Waals surface area contributed by atoms with Gasteiger partial charge in [-0.3, -0.25) is 37.3 Å². The third-order valence-electron chi connectivity index (χ3n) is 18.5. The van der Waals surface area contributed by atoms with Crippen molar-refractivity contribution in [1.29, 1.82) is 0 Å². The average molecular weight is 1440 g/mol. The maximum Gasteiger partial charge on any atom is 0.472 e. The lowest BCUT2D eigenvalue weighted by Gasteiger charge is -2.21. The molecule has 2 unspecified atom stereocenters. The summed E-state index contributed by atoms with van der Waals surface area (Å²) < 4.78 is 68.6. The molecule has 0 saturated carbocycles. The summed E-state index contributed by atoms with van der Waals surface area (Å²) in [6.07, 6.45) is 59.9. The molecule has 0 rings (SSSR count). The van der Waals surface area contributed by atoms with E-state index in [1.165, 1.54) is 225 Å². The molecule has 0 aliphatic heterocycles. The molecule has 0 aromatic heterocycles. The summed E-state index contributed by atoms with van der Waals surface area (Å²) in [5.41, 5.74) is 0. The van der Waals surface area contributed by atoms with E-state index in [-0.39, 0.29) is 25.7 Å². The van der Waals surface area contributed by atoms with Gasteiger partial charge in [-0.25, -0.2) is 9.13 Å². The van der Waals surface area contributed by atoms with E-state index in [0.717, 1.165) is 102 Å². The zero-order valence-electron chi connectivity index (χ0n) is 64.1. The molecule has 0 bridgehead atoms. The Hall–Kier alpha value is -1.94. The molecule has 0 fully saturated rings. The molecule has 0 spiro atoms. The van der Waals surface area contributed by atoms with E-state index in [4.69, 9.17) is 37.0 Å². The molecule has 0 heterocycles. The molecule has 19 heteroatoms. The Kier molecular flexibility index (Phi) is 69.3. The van der Waals surface area contributed by atoms with Crippen molar-refractivity contribution >= 4 is 39.5 Å². The van der Waals surface area contributed by atoms with Gasteiger partial charge in [-0.1, -0.05) is 363 Å². The second-order valence-electron chi connectivity index (χ2n) is 29.4. The van der Waals surface area contributed by atoms with E-state index < -0.39 is 97.5 Å². The number of ether oxygens (including phenoxy) is 4. The fourth-order valence-electron chi connectivity index (χ4n) is 12.2. The topological polar surface area (TPSA) is 237 Å². The summed E-state index contributed by atoms with van der Waals surface area (Å²) in [6, 6.07) is 0. The normalized spacial score (nSPS) is 13.9. The van der Waals surface area contributed by atoms with Gasteiger partial charge in [0.05, 0.1) is 26.4 Å². The van der Waals surface area contributed by atoms with Crippen molar-refractivity contribution < 1.29 is 80.2 Å². The number of unbranched alkanes of at least 4 members (excludes halogenated alkanes) is 48. The first-order valence-corrected chi connectivity index (χ1v) is 44.0. The Morgan fingerprint density at radius 3 is 0.694 bits per heavy atom. The molecule has 0 aliphatic rings. The minimum atomic E-state index is -4.96. The van der Waals surface area contributed by atoms with Gasteiger partial charge in [-0.05, 0) is 37.5 Å². The van der Waals surface area contributed by atoms with Gasteiger partial charge in [0.1, 0.15) is 19.3 Å². The Bertz CT molecular complexity index is 1890. The number of aliphatic hydroxyl groups excluding tert-OH is 1. The Morgan fingerprint density at radius 1 is 0.276 bits per heavy atom. The number of esters is 4. The van der Waals surface area contributed by atoms with E-state index in [1.807, 2.05) is 0 Å². The van der Waals surface area contributed by atoms with Gasteiger partial charge in [0, 0.05) is 25.7 Å². The van der Waals surface area contributed by atoms with Crippen molar-refractivity contribution in [2.24, 2.45) is 11.8 Å². The highest BCUT2D eigenvalue weighted by Gasteiger charge is 2.30. The highest BCUT2D eigenvalue weighted by Crippen LogP contribution is 2.45. The molecule has 98 heavy (non-hydrogen) atoms. The first-order chi connectivity index (χ1) is 47.4. The second-order valence-corrected chi connectivity index (χ2v) is 32.3. The van der Waals surface area contributed by atoms with Gasteiger partial charge in [-0.2, -0.15) is 0 Å². The van der Waals surface area contributed by atoms with Crippen LogP contribution in [0.3, 0.4) is 0 Å². The zero-order chi connectivity index (χ0) is 72.1.